The summed E-state index contributed by atoms with van der Waals surface area (Å²) in [6, 6.07) is 7.62. The Kier molecular flexibility index (Phi) is 6.50. The van der Waals surface area contributed by atoms with E-state index in [0.29, 0.717) is 6.61 Å². The van der Waals surface area contributed by atoms with E-state index in [4.69, 9.17) is 9.47 Å². The lowest BCUT2D eigenvalue weighted by atomic mass is 10.3. The third-order valence-corrected chi connectivity index (χ3v) is 2.42. The van der Waals surface area contributed by atoms with Crippen LogP contribution in [0.5, 0.6) is 11.5 Å². The Morgan fingerprint density at radius 1 is 1.13 bits per heavy atom. The highest BCUT2D eigenvalue weighted by molar-refractivity contribution is 14.1. The molecule has 0 aliphatic rings. The van der Waals surface area contributed by atoms with Crippen molar-refractivity contribution in [2.75, 3.05) is 31.2 Å². The Morgan fingerprint density at radius 3 is 2.40 bits per heavy atom. The van der Waals surface area contributed by atoms with Crippen molar-refractivity contribution < 1.29 is 9.47 Å². The van der Waals surface area contributed by atoms with Gasteiger partial charge in [-0.1, -0.05) is 22.6 Å². The first-order valence-electron chi connectivity index (χ1n) is 4.90. The number of hydrogen-bond donors (Lipinski definition) is 1. The zero-order valence-corrected chi connectivity index (χ0v) is 11.0. The van der Waals surface area contributed by atoms with Crippen molar-refractivity contribution >= 4 is 22.6 Å². The maximum Gasteiger partial charge on any atom is 0.119 e. The third kappa shape index (κ3) is 5.22. The minimum Gasteiger partial charge on any atom is -0.497 e. The minimum absolute atomic E-state index is 0.697. The Labute approximate surface area is 104 Å². The molecule has 84 valence electrons. The molecular weight excluding hydrogens is 305 g/mol. The molecule has 0 heterocycles. The monoisotopic (exact) mass is 321 g/mol. The van der Waals surface area contributed by atoms with Gasteiger partial charge in [-0.2, -0.15) is 0 Å². The van der Waals surface area contributed by atoms with Crippen molar-refractivity contribution in [1.29, 1.82) is 0 Å². The van der Waals surface area contributed by atoms with E-state index < -0.39 is 0 Å². The summed E-state index contributed by atoms with van der Waals surface area (Å²) in [6.45, 7) is 2.62. The fourth-order valence-corrected chi connectivity index (χ4v) is 1.49. The summed E-state index contributed by atoms with van der Waals surface area (Å²) in [5.41, 5.74) is 0. The molecule has 0 spiro atoms. The van der Waals surface area contributed by atoms with Gasteiger partial charge in [-0.05, 0) is 24.3 Å². The lowest BCUT2D eigenvalue weighted by Crippen LogP contribution is -2.22. The average molecular weight is 321 g/mol. The van der Waals surface area contributed by atoms with Gasteiger partial charge in [0.05, 0.1) is 7.11 Å². The van der Waals surface area contributed by atoms with Crippen molar-refractivity contribution in [3.05, 3.63) is 24.3 Å². The Bertz CT molecular complexity index is 264. The van der Waals surface area contributed by atoms with Crippen LogP contribution in [0, 0.1) is 0 Å². The number of ether oxygens (including phenoxy) is 2. The van der Waals surface area contributed by atoms with Gasteiger partial charge in [-0.15, -0.1) is 0 Å². The van der Waals surface area contributed by atoms with Crippen molar-refractivity contribution in [3.8, 4) is 11.5 Å². The van der Waals surface area contributed by atoms with E-state index in [1.165, 1.54) is 0 Å². The van der Waals surface area contributed by atoms with Gasteiger partial charge in [0.1, 0.15) is 18.1 Å². The summed E-state index contributed by atoms with van der Waals surface area (Å²) in [5, 5.41) is 3.27. The highest BCUT2D eigenvalue weighted by Crippen LogP contribution is 2.16. The van der Waals surface area contributed by atoms with Gasteiger partial charge >= 0.3 is 0 Å². The van der Waals surface area contributed by atoms with E-state index in [2.05, 4.69) is 27.9 Å². The maximum atomic E-state index is 5.53. The van der Waals surface area contributed by atoms with E-state index in [-0.39, 0.29) is 0 Å². The molecule has 0 radical (unpaired) electrons. The Morgan fingerprint density at radius 2 is 1.80 bits per heavy atom. The van der Waals surface area contributed by atoms with Gasteiger partial charge < -0.3 is 14.8 Å². The van der Waals surface area contributed by atoms with Crippen LogP contribution in [0.2, 0.25) is 0 Å². The van der Waals surface area contributed by atoms with E-state index >= 15 is 0 Å². The molecule has 0 amide bonds. The van der Waals surface area contributed by atoms with Crippen LogP contribution in [0.25, 0.3) is 0 Å². The number of nitrogens with one attached hydrogen (secondary N) is 1. The number of halogens is 1. The third-order valence-electron chi connectivity index (χ3n) is 1.88. The quantitative estimate of drug-likeness (QED) is 0.474. The molecule has 0 atom stereocenters. The predicted molar refractivity (Wildman–Crippen MR) is 70.2 cm³/mol. The zero-order chi connectivity index (χ0) is 10.9. The fraction of sp³-hybridized carbons (Fsp3) is 0.455. The molecule has 1 N–H and O–H groups in total. The summed E-state index contributed by atoms with van der Waals surface area (Å²) in [5.74, 6) is 1.73. The first kappa shape index (κ1) is 12.6. The maximum absolute atomic E-state index is 5.53. The molecule has 0 aliphatic heterocycles. The summed E-state index contributed by atoms with van der Waals surface area (Å²) in [4.78, 5) is 0. The van der Waals surface area contributed by atoms with E-state index in [1.54, 1.807) is 7.11 Å². The van der Waals surface area contributed by atoms with Crippen LogP contribution < -0.4 is 14.8 Å². The average Bonchev–Trinajstić information content (AvgIpc) is 2.30. The lowest BCUT2D eigenvalue weighted by molar-refractivity contribution is 0.315. The highest BCUT2D eigenvalue weighted by Gasteiger charge is 1.94. The number of hydrogen-bond acceptors (Lipinski definition) is 3. The van der Waals surface area contributed by atoms with Crippen molar-refractivity contribution in [3.63, 3.8) is 0 Å². The molecule has 15 heavy (non-hydrogen) atoms. The van der Waals surface area contributed by atoms with E-state index in [1.807, 2.05) is 24.3 Å². The summed E-state index contributed by atoms with van der Waals surface area (Å²) in [6.07, 6.45) is 0. The van der Waals surface area contributed by atoms with Gasteiger partial charge in [0, 0.05) is 17.5 Å². The number of alkyl halides is 1. The van der Waals surface area contributed by atoms with Gasteiger partial charge in [-0.25, -0.2) is 0 Å². The number of rotatable bonds is 7. The number of benzene rings is 1. The van der Waals surface area contributed by atoms with E-state index in [0.717, 1.165) is 29.0 Å². The molecule has 1 aromatic rings. The van der Waals surface area contributed by atoms with Gasteiger partial charge in [0.25, 0.3) is 0 Å². The second kappa shape index (κ2) is 7.76. The molecule has 0 aliphatic carbocycles. The molecule has 0 fully saturated rings. The topological polar surface area (TPSA) is 30.5 Å². The first-order valence-corrected chi connectivity index (χ1v) is 6.43. The molecule has 1 aromatic carbocycles. The summed E-state index contributed by atoms with van der Waals surface area (Å²) < 4.78 is 11.7. The van der Waals surface area contributed by atoms with Crippen LogP contribution in [0.4, 0.5) is 0 Å². The molecule has 4 heteroatoms. The molecule has 3 nitrogen and oxygen atoms in total. The molecule has 0 saturated heterocycles. The number of methoxy groups -OCH3 is 1. The molecule has 0 aromatic heterocycles. The van der Waals surface area contributed by atoms with Crippen LogP contribution in [0.1, 0.15) is 0 Å². The van der Waals surface area contributed by atoms with Crippen molar-refractivity contribution in [1.82, 2.24) is 5.32 Å². The largest absolute Gasteiger partial charge is 0.497 e. The SMILES string of the molecule is COc1ccc(OCCNCCI)cc1. The van der Waals surface area contributed by atoms with Crippen LogP contribution in [0.15, 0.2) is 24.3 Å². The fourth-order valence-electron chi connectivity index (χ4n) is 1.10. The normalized spacial score (nSPS) is 10.0. The van der Waals surface area contributed by atoms with Gasteiger partial charge in [0.2, 0.25) is 0 Å². The summed E-state index contributed by atoms with van der Waals surface area (Å²) in [7, 11) is 1.66. The molecular formula is C11H16INO2. The Hall–Kier alpha value is -0.490. The second-order valence-corrected chi connectivity index (χ2v) is 4.04. The highest BCUT2D eigenvalue weighted by atomic mass is 127. The summed E-state index contributed by atoms with van der Waals surface area (Å²) >= 11 is 2.34. The van der Waals surface area contributed by atoms with Crippen LogP contribution in [0.3, 0.4) is 0 Å². The van der Waals surface area contributed by atoms with Gasteiger partial charge in [-0.3, -0.25) is 0 Å². The minimum atomic E-state index is 0.697. The molecule has 0 saturated carbocycles. The van der Waals surface area contributed by atoms with Crippen molar-refractivity contribution in [2.24, 2.45) is 0 Å². The standard InChI is InChI=1S/C11H16INO2/c1-14-10-2-4-11(5-3-10)15-9-8-13-7-6-12/h2-5,13H,6-9H2,1H3. The molecule has 0 unspecified atom stereocenters. The first-order chi connectivity index (χ1) is 7.36. The molecule has 0 bridgehead atoms. The Balaban J connectivity index is 2.20. The van der Waals surface area contributed by atoms with Crippen LogP contribution in [-0.4, -0.2) is 31.2 Å². The lowest BCUT2D eigenvalue weighted by Gasteiger charge is -2.07. The van der Waals surface area contributed by atoms with Crippen LogP contribution in [-0.2, 0) is 0 Å². The smallest absolute Gasteiger partial charge is 0.119 e. The van der Waals surface area contributed by atoms with Gasteiger partial charge in [0.15, 0.2) is 0 Å². The van der Waals surface area contributed by atoms with Crippen LogP contribution >= 0.6 is 22.6 Å². The van der Waals surface area contributed by atoms with E-state index in [9.17, 15) is 0 Å². The zero-order valence-electron chi connectivity index (χ0n) is 8.83. The molecule has 1 rings (SSSR count). The van der Waals surface area contributed by atoms with Crippen molar-refractivity contribution in [2.45, 2.75) is 0 Å². The predicted octanol–water partition coefficient (Wildman–Crippen LogP) is 2.10. The second-order valence-electron chi connectivity index (χ2n) is 2.96.